The van der Waals surface area contributed by atoms with Crippen molar-refractivity contribution in [2.24, 2.45) is 0 Å². The number of ketones is 1. The molecule has 0 fully saturated rings. The van der Waals surface area contributed by atoms with Crippen molar-refractivity contribution >= 4 is 29.3 Å². The van der Waals surface area contributed by atoms with Gasteiger partial charge in [-0.15, -0.1) is 0 Å². The van der Waals surface area contributed by atoms with Crippen molar-refractivity contribution in [2.75, 3.05) is 7.11 Å². The van der Waals surface area contributed by atoms with Gasteiger partial charge < -0.3 is 9.47 Å². The molecule has 6 heteroatoms. The Morgan fingerprint density at radius 3 is 1.71 bits per heavy atom. The third-order valence-electron chi connectivity index (χ3n) is 4.51. The molecule has 0 unspecified atom stereocenters. The number of benzene rings is 2. The van der Waals surface area contributed by atoms with E-state index in [2.05, 4.69) is 4.74 Å². The van der Waals surface area contributed by atoms with Gasteiger partial charge in [0.1, 0.15) is 0 Å². The van der Waals surface area contributed by atoms with Crippen molar-refractivity contribution in [3.8, 4) is 0 Å². The molecule has 2 aromatic rings. The lowest BCUT2D eigenvalue weighted by molar-refractivity contribution is -0.179. The largest absolute Gasteiger partial charge is 0.466 e. The van der Waals surface area contributed by atoms with Gasteiger partial charge in [-0.25, -0.2) is 4.79 Å². The highest BCUT2D eigenvalue weighted by atomic mass is 35.5. The second-order valence-electron chi connectivity index (χ2n) is 7.43. The smallest absolute Gasteiger partial charge is 0.349 e. The first-order valence-electron chi connectivity index (χ1n) is 8.71. The van der Waals surface area contributed by atoms with Crippen LogP contribution in [0, 0.1) is 0 Å². The molecule has 2 rings (SSSR count). The van der Waals surface area contributed by atoms with E-state index in [0.29, 0.717) is 21.7 Å². The first-order valence-corrected chi connectivity index (χ1v) is 9.09. The number of esters is 2. The fourth-order valence-corrected chi connectivity index (χ4v) is 2.70. The highest BCUT2D eigenvalue weighted by Crippen LogP contribution is 2.28. The van der Waals surface area contributed by atoms with Gasteiger partial charge in [-0.1, -0.05) is 35.9 Å². The van der Waals surface area contributed by atoms with E-state index in [1.165, 1.54) is 21.0 Å². The van der Waals surface area contributed by atoms with Gasteiger partial charge in [0.15, 0.2) is 5.78 Å². The van der Waals surface area contributed by atoms with Crippen molar-refractivity contribution in [1.29, 1.82) is 0 Å². The first-order chi connectivity index (χ1) is 13.0. The molecule has 0 aliphatic carbocycles. The van der Waals surface area contributed by atoms with E-state index >= 15 is 0 Å². The summed E-state index contributed by atoms with van der Waals surface area (Å²) in [5.41, 5.74) is -0.743. The van der Waals surface area contributed by atoms with Gasteiger partial charge in [-0.2, -0.15) is 0 Å². The molecule has 0 bridgehead atoms. The summed E-state index contributed by atoms with van der Waals surface area (Å²) in [5.74, 6) is -1.35. The molecule has 0 saturated carbocycles. The average molecular weight is 403 g/mol. The molecule has 0 spiro atoms. The molecule has 148 valence electrons. The Balaban J connectivity index is 2.21. The summed E-state index contributed by atoms with van der Waals surface area (Å²) in [7, 11) is 1.24. The zero-order valence-electron chi connectivity index (χ0n) is 16.5. The van der Waals surface area contributed by atoms with Gasteiger partial charge in [-0.3, -0.25) is 9.59 Å². The number of methoxy groups -OCH3 is 1. The number of hydrogen-bond donors (Lipinski definition) is 0. The number of halogens is 1. The third-order valence-corrected chi connectivity index (χ3v) is 4.76. The van der Waals surface area contributed by atoms with Gasteiger partial charge in [-0.05, 0) is 57.5 Å². The highest BCUT2D eigenvalue weighted by Gasteiger charge is 2.40. The number of rotatable bonds is 6. The van der Waals surface area contributed by atoms with Crippen molar-refractivity contribution in [2.45, 2.75) is 38.7 Å². The fourth-order valence-electron chi connectivity index (χ4n) is 2.57. The summed E-state index contributed by atoms with van der Waals surface area (Å²) in [4.78, 5) is 37.0. The van der Waals surface area contributed by atoms with Crippen molar-refractivity contribution in [1.82, 2.24) is 0 Å². The lowest BCUT2D eigenvalue weighted by Crippen LogP contribution is -2.43. The summed E-state index contributed by atoms with van der Waals surface area (Å²) >= 11 is 5.85. The molecule has 28 heavy (non-hydrogen) atoms. The molecule has 2 aromatic carbocycles. The van der Waals surface area contributed by atoms with Gasteiger partial charge in [0.25, 0.3) is 0 Å². The Bertz CT molecular complexity index is 880. The van der Waals surface area contributed by atoms with Crippen LogP contribution < -0.4 is 0 Å². The number of hydrogen-bond acceptors (Lipinski definition) is 5. The predicted molar refractivity (Wildman–Crippen MR) is 107 cm³/mol. The van der Waals surface area contributed by atoms with Crippen molar-refractivity contribution < 1.29 is 23.9 Å². The van der Waals surface area contributed by atoms with E-state index in [4.69, 9.17) is 16.3 Å². The molecule has 0 aromatic heterocycles. The second-order valence-corrected chi connectivity index (χ2v) is 7.87. The monoisotopic (exact) mass is 402 g/mol. The minimum absolute atomic E-state index is 0.143. The van der Waals surface area contributed by atoms with Crippen LogP contribution >= 0.6 is 11.6 Å². The maximum atomic E-state index is 12.7. The van der Waals surface area contributed by atoms with Crippen molar-refractivity contribution in [3.63, 3.8) is 0 Å². The van der Waals surface area contributed by atoms with E-state index in [1.807, 2.05) is 0 Å². The molecule has 0 radical (unpaired) electrons. The zero-order valence-corrected chi connectivity index (χ0v) is 17.3. The molecule has 0 aliphatic rings. The van der Waals surface area contributed by atoms with Gasteiger partial charge in [0.05, 0.1) is 12.5 Å². The summed E-state index contributed by atoms with van der Waals surface area (Å²) in [5, 5.41) is 0.557. The second kappa shape index (κ2) is 8.15. The predicted octanol–water partition coefficient (Wildman–Crippen LogP) is 4.34. The van der Waals surface area contributed by atoms with Crippen LogP contribution in [0.4, 0.5) is 0 Å². The summed E-state index contributed by atoms with van der Waals surface area (Å²) in [6, 6.07) is 13.4. The van der Waals surface area contributed by atoms with Crippen LogP contribution in [0.1, 0.15) is 49.2 Å². The van der Waals surface area contributed by atoms with Crippen LogP contribution in [0.15, 0.2) is 48.5 Å². The minimum atomic E-state index is -1.40. The lowest BCUT2D eigenvalue weighted by Gasteiger charge is -2.29. The zero-order chi connectivity index (χ0) is 21.1. The maximum absolute atomic E-state index is 12.7. The quantitative estimate of drug-likeness (QED) is 0.531. The van der Waals surface area contributed by atoms with Crippen molar-refractivity contribution in [3.05, 3.63) is 70.2 Å². The van der Waals surface area contributed by atoms with Crippen LogP contribution in [-0.4, -0.2) is 30.4 Å². The Kier molecular flexibility index (Phi) is 6.30. The fraction of sp³-hybridized carbons (Fsp3) is 0.318. The van der Waals surface area contributed by atoms with Crippen LogP contribution in [0.5, 0.6) is 0 Å². The SMILES string of the molecule is COC(=O)C(C)(C)OC(=O)C(C)(C)c1ccc(C(=O)c2ccc(Cl)cc2)cc1. The third kappa shape index (κ3) is 4.60. The molecular formula is C22H23ClO5. The highest BCUT2D eigenvalue weighted by molar-refractivity contribution is 6.30. The van der Waals surface area contributed by atoms with E-state index in [0.717, 1.165) is 0 Å². The summed E-state index contributed by atoms with van der Waals surface area (Å²) in [6.45, 7) is 6.33. The van der Waals surface area contributed by atoms with E-state index in [9.17, 15) is 14.4 Å². The Labute approximate surface area is 169 Å². The van der Waals surface area contributed by atoms with E-state index < -0.39 is 23.0 Å². The molecule has 0 atom stereocenters. The standard InChI is InChI=1S/C22H23ClO5/c1-21(2,19(25)28-22(3,4)20(26)27-5)16-10-6-14(7-11-16)18(24)15-8-12-17(23)13-9-15/h6-13H,1-5H3. The molecule has 0 saturated heterocycles. The number of carbonyl (C=O) groups is 3. The molecular weight excluding hydrogens is 380 g/mol. The molecule has 0 aliphatic heterocycles. The first kappa shape index (κ1) is 21.6. The molecule has 0 heterocycles. The van der Waals surface area contributed by atoms with E-state index in [1.54, 1.807) is 62.4 Å². The van der Waals surface area contributed by atoms with E-state index in [-0.39, 0.29) is 5.78 Å². The normalized spacial score (nSPS) is 11.6. The Morgan fingerprint density at radius 2 is 1.25 bits per heavy atom. The molecule has 0 N–H and O–H groups in total. The Morgan fingerprint density at radius 1 is 0.786 bits per heavy atom. The topological polar surface area (TPSA) is 69.7 Å². The minimum Gasteiger partial charge on any atom is -0.466 e. The Hall–Kier alpha value is -2.66. The van der Waals surface area contributed by atoms with Crippen LogP contribution in [0.25, 0.3) is 0 Å². The van der Waals surface area contributed by atoms with Gasteiger partial charge in [0.2, 0.25) is 5.60 Å². The van der Waals surface area contributed by atoms with Crippen LogP contribution in [0.3, 0.4) is 0 Å². The number of ether oxygens (including phenoxy) is 2. The number of carbonyl (C=O) groups excluding carboxylic acids is 3. The molecule has 0 amide bonds. The van der Waals surface area contributed by atoms with Gasteiger partial charge in [0, 0.05) is 16.1 Å². The van der Waals surface area contributed by atoms with Crippen LogP contribution in [0.2, 0.25) is 5.02 Å². The van der Waals surface area contributed by atoms with Crippen LogP contribution in [-0.2, 0) is 24.5 Å². The summed E-state index contributed by atoms with van der Waals surface area (Å²) < 4.78 is 10.0. The lowest BCUT2D eigenvalue weighted by atomic mass is 9.83. The summed E-state index contributed by atoms with van der Waals surface area (Å²) in [6.07, 6.45) is 0. The maximum Gasteiger partial charge on any atom is 0.349 e. The van der Waals surface area contributed by atoms with Gasteiger partial charge >= 0.3 is 11.9 Å². The average Bonchev–Trinajstić information content (AvgIpc) is 2.67. The molecule has 5 nitrogen and oxygen atoms in total.